The van der Waals surface area contributed by atoms with Gasteiger partial charge in [-0.05, 0) is 80.8 Å². The van der Waals surface area contributed by atoms with Crippen LogP contribution in [0, 0.1) is 12.8 Å². The highest BCUT2D eigenvalue weighted by atomic mass is 16.5. The summed E-state index contributed by atoms with van der Waals surface area (Å²) in [5.74, 6) is 2.01. The number of terminal acetylenes is 1. The fourth-order valence-corrected chi connectivity index (χ4v) is 5.82. The lowest BCUT2D eigenvalue weighted by atomic mass is 10.0. The zero-order valence-corrected chi connectivity index (χ0v) is 31.3. The largest absolute Gasteiger partial charge is 0.466 e. The van der Waals surface area contributed by atoms with Crippen LogP contribution >= 0.6 is 0 Å². The number of para-hydroxylation sites is 2. The SMILES string of the molecule is C#C.C=C/C=C\C(=NC)/C(C)=C/C=C1\CC(C)=C(C)O1.C=C1/C=C\C=C/Cc2c(ccc3c4ccccc4n(-c4ccccc4)c23)N1C.C=CC=C. The zero-order chi connectivity index (χ0) is 38.0. The molecule has 0 aliphatic carbocycles. The van der Waals surface area contributed by atoms with Gasteiger partial charge in [0.25, 0.3) is 0 Å². The summed E-state index contributed by atoms with van der Waals surface area (Å²) in [4.78, 5) is 6.42. The molecule has 0 atom stereocenters. The molecular weight excluding hydrogens is 635 g/mol. The van der Waals surface area contributed by atoms with Crippen LogP contribution in [0.1, 0.15) is 32.8 Å². The van der Waals surface area contributed by atoms with Crippen LogP contribution in [-0.2, 0) is 11.2 Å². The third-order valence-electron chi connectivity index (χ3n) is 8.63. The number of likely N-dealkylation sites (N-methyl/N-ethyl adjacent to an activating group) is 1. The lowest BCUT2D eigenvalue weighted by Crippen LogP contribution is -2.16. The first kappa shape index (κ1) is 40.1. The number of ether oxygens (including phenoxy) is 1. The van der Waals surface area contributed by atoms with Gasteiger partial charge in [-0.2, -0.15) is 0 Å². The van der Waals surface area contributed by atoms with Crippen molar-refractivity contribution in [3.05, 3.63) is 194 Å². The van der Waals surface area contributed by atoms with Gasteiger partial charge in [-0.15, -0.1) is 12.8 Å². The number of fused-ring (bicyclic) bond motifs is 5. The van der Waals surface area contributed by atoms with Crippen molar-refractivity contribution >= 4 is 33.2 Å². The number of anilines is 1. The molecular formula is C48H51N3O. The minimum absolute atomic E-state index is 0.873. The molecule has 4 heteroatoms. The summed E-state index contributed by atoms with van der Waals surface area (Å²) in [6.45, 7) is 20.7. The van der Waals surface area contributed by atoms with Crippen LogP contribution in [0.25, 0.3) is 27.5 Å². The monoisotopic (exact) mass is 685 g/mol. The predicted molar refractivity (Wildman–Crippen MR) is 229 cm³/mol. The average molecular weight is 686 g/mol. The van der Waals surface area contributed by atoms with Crippen LogP contribution in [0.4, 0.5) is 5.69 Å². The minimum Gasteiger partial charge on any atom is -0.466 e. The number of benzene rings is 3. The van der Waals surface area contributed by atoms with E-state index in [2.05, 4.69) is 159 Å². The Labute approximate surface area is 311 Å². The van der Waals surface area contributed by atoms with Crippen molar-refractivity contribution in [1.82, 2.24) is 4.57 Å². The van der Waals surface area contributed by atoms with Gasteiger partial charge >= 0.3 is 0 Å². The van der Waals surface area contributed by atoms with Crippen LogP contribution in [0.15, 0.2) is 193 Å². The summed E-state index contributed by atoms with van der Waals surface area (Å²) >= 11 is 0. The Bertz CT molecular complexity index is 2120. The Morgan fingerprint density at radius 2 is 1.58 bits per heavy atom. The van der Waals surface area contributed by atoms with Gasteiger partial charge < -0.3 is 14.2 Å². The first-order valence-electron chi connectivity index (χ1n) is 17.2. The van der Waals surface area contributed by atoms with Crippen LogP contribution in [0.3, 0.4) is 0 Å². The maximum atomic E-state index is 5.64. The van der Waals surface area contributed by atoms with Crippen molar-refractivity contribution in [2.45, 2.75) is 33.6 Å². The number of aliphatic imine (C=N–C) groups is 1. The van der Waals surface area contributed by atoms with Gasteiger partial charge in [-0.3, -0.25) is 4.99 Å². The van der Waals surface area contributed by atoms with Gasteiger partial charge in [0.15, 0.2) is 0 Å². The Kier molecular flexibility index (Phi) is 15.7. The van der Waals surface area contributed by atoms with Crippen molar-refractivity contribution in [3.8, 4) is 18.5 Å². The molecule has 3 aromatic carbocycles. The molecule has 0 saturated heterocycles. The highest BCUT2D eigenvalue weighted by Gasteiger charge is 2.20. The molecule has 2 aliphatic heterocycles. The van der Waals surface area contributed by atoms with E-state index in [-0.39, 0.29) is 0 Å². The highest BCUT2D eigenvalue weighted by Crippen LogP contribution is 2.39. The van der Waals surface area contributed by atoms with E-state index >= 15 is 0 Å². The van der Waals surface area contributed by atoms with E-state index in [1.807, 2.05) is 38.2 Å². The molecule has 4 nitrogen and oxygen atoms in total. The maximum Gasteiger partial charge on any atom is 0.108 e. The fraction of sp³-hybridized carbons (Fsp3) is 0.146. The van der Waals surface area contributed by atoms with E-state index in [4.69, 9.17) is 4.74 Å². The van der Waals surface area contributed by atoms with Gasteiger partial charge in [0.2, 0.25) is 0 Å². The summed E-state index contributed by atoms with van der Waals surface area (Å²) in [5.41, 5.74) is 10.6. The van der Waals surface area contributed by atoms with E-state index in [0.29, 0.717) is 0 Å². The van der Waals surface area contributed by atoms with E-state index in [1.165, 1.54) is 44.3 Å². The van der Waals surface area contributed by atoms with Gasteiger partial charge in [0, 0.05) is 53.9 Å². The number of allylic oxidation sites excluding steroid dienone is 14. The standard InChI is InChI=1S/C26H22N2.C16H21NO.C4H6.C2H2/c1-19-11-5-3-8-15-23-24(27(19)2)18-17-22-21-14-9-10-16-25(21)28(26(22)23)20-12-6-4-7-13-20;1-6-7-8-16(17-5)12(2)9-10-15-11-13(3)14(4)18-15;1-3-4-2;1-2/h3-14,16-18H,1,15H2,2H3;6-10H,1,11H2,2-5H3;3-4H,1-2H2;1-2H/b8-3-,11-5-;8-7-,12-9+,15-10+,17-16?;;. The molecule has 4 aromatic rings. The molecule has 0 unspecified atom stereocenters. The lowest BCUT2D eigenvalue weighted by Gasteiger charge is -2.23. The Morgan fingerprint density at radius 1 is 0.885 bits per heavy atom. The second-order valence-electron chi connectivity index (χ2n) is 12.0. The van der Waals surface area contributed by atoms with E-state index < -0.39 is 0 Å². The Balaban J connectivity index is 0.000000263. The number of aromatic nitrogens is 1. The number of hydrogen-bond acceptors (Lipinski definition) is 3. The van der Waals surface area contributed by atoms with E-state index in [1.54, 1.807) is 25.3 Å². The first-order valence-corrected chi connectivity index (χ1v) is 17.2. The number of hydrogen-bond donors (Lipinski definition) is 0. The molecule has 2 aliphatic rings. The molecule has 0 bridgehead atoms. The minimum atomic E-state index is 0.873. The topological polar surface area (TPSA) is 29.8 Å². The van der Waals surface area contributed by atoms with E-state index in [9.17, 15) is 0 Å². The lowest BCUT2D eigenvalue weighted by molar-refractivity contribution is 0.325. The summed E-state index contributed by atoms with van der Waals surface area (Å²) < 4.78 is 8.04. The van der Waals surface area contributed by atoms with Crippen molar-refractivity contribution in [2.75, 3.05) is 19.0 Å². The fourth-order valence-electron chi connectivity index (χ4n) is 5.82. The van der Waals surface area contributed by atoms with Crippen molar-refractivity contribution in [3.63, 3.8) is 0 Å². The number of rotatable bonds is 6. The third kappa shape index (κ3) is 9.90. The van der Waals surface area contributed by atoms with Gasteiger partial charge in [0.1, 0.15) is 5.76 Å². The molecule has 1 aromatic heterocycles. The molecule has 0 amide bonds. The quantitative estimate of drug-likeness (QED) is 0.115. The van der Waals surface area contributed by atoms with Crippen molar-refractivity contribution in [1.29, 1.82) is 0 Å². The van der Waals surface area contributed by atoms with Gasteiger partial charge in [-0.1, -0.05) is 117 Å². The van der Waals surface area contributed by atoms with Crippen LogP contribution in [0.5, 0.6) is 0 Å². The summed E-state index contributed by atoms with van der Waals surface area (Å²) in [5, 5.41) is 2.57. The molecule has 52 heavy (non-hydrogen) atoms. The maximum absolute atomic E-state index is 5.64. The summed E-state index contributed by atoms with van der Waals surface area (Å²) in [6.07, 6.45) is 31.1. The normalized spacial score (nSPS) is 16.2. The van der Waals surface area contributed by atoms with Crippen LogP contribution < -0.4 is 4.90 Å². The molecule has 3 heterocycles. The van der Waals surface area contributed by atoms with Gasteiger partial charge in [0.05, 0.1) is 22.5 Å². The van der Waals surface area contributed by atoms with Crippen LogP contribution in [0.2, 0.25) is 0 Å². The highest BCUT2D eigenvalue weighted by molar-refractivity contribution is 6.11. The molecule has 0 N–H and O–H groups in total. The third-order valence-corrected chi connectivity index (χ3v) is 8.63. The summed E-state index contributed by atoms with van der Waals surface area (Å²) in [7, 11) is 3.88. The molecule has 0 spiro atoms. The van der Waals surface area contributed by atoms with Crippen LogP contribution in [-0.4, -0.2) is 24.4 Å². The van der Waals surface area contributed by atoms with Crippen molar-refractivity contribution in [2.24, 2.45) is 4.99 Å². The number of nitrogens with zero attached hydrogens (tertiary/aromatic N) is 3. The summed E-state index contributed by atoms with van der Waals surface area (Å²) in [6, 6.07) is 23.8. The molecule has 264 valence electrons. The molecule has 6 rings (SSSR count). The molecule has 0 saturated carbocycles. The smallest absolute Gasteiger partial charge is 0.108 e. The first-order chi connectivity index (χ1) is 25.2. The molecule has 0 radical (unpaired) electrons. The van der Waals surface area contributed by atoms with E-state index in [0.717, 1.165) is 41.3 Å². The Hall–Kier alpha value is -6.31. The second-order valence-corrected chi connectivity index (χ2v) is 12.0. The van der Waals surface area contributed by atoms with Gasteiger partial charge in [-0.25, -0.2) is 0 Å². The second kappa shape index (κ2) is 20.4. The predicted octanol–water partition coefficient (Wildman–Crippen LogP) is 12.4. The van der Waals surface area contributed by atoms with Crippen molar-refractivity contribution < 1.29 is 4.74 Å². The average Bonchev–Trinajstić information content (AvgIpc) is 3.71. The zero-order valence-electron chi connectivity index (χ0n) is 31.3. The molecule has 0 fully saturated rings. The Morgan fingerprint density at radius 3 is 2.21 bits per heavy atom.